The summed E-state index contributed by atoms with van der Waals surface area (Å²) in [7, 11) is 0. The van der Waals surface area contributed by atoms with Crippen molar-refractivity contribution in [1.82, 2.24) is 0 Å². The van der Waals surface area contributed by atoms with Crippen LogP contribution >= 0.6 is 0 Å². The molecule has 0 saturated heterocycles. The van der Waals surface area contributed by atoms with Crippen molar-refractivity contribution >= 4 is 17.3 Å². The van der Waals surface area contributed by atoms with E-state index in [1.807, 2.05) is 6.92 Å². The fraction of sp³-hybridized carbons (Fsp3) is 0.561. The smallest absolute Gasteiger partial charge is 0.335 e. The van der Waals surface area contributed by atoms with Gasteiger partial charge in [-0.25, -0.2) is 22.4 Å². The molecule has 1 fully saturated rings. The first-order valence-electron chi connectivity index (χ1n) is 17.9. The number of aliphatic hydroxyl groups excluding tert-OH is 2. The maximum Gasteiger partial charge on any atom is 0.335 e. The highest BCUT2D eigenvalue weighted by atomic mass is 19.1. The molecule has 0 heterocycles. The van der Waals surface area contributed by atoms with E-state index in [1.54, 1.807) is 0 Å². The number of Topliss-reactive ketones (excluding diaryl/α,β-unsaturated/α-hetero) is 1. The van der Waals surface area contributed by atoms with Gasteiger partial charge < -0.3 is 14.9 Å². The maximum atomic E-state index is 15.5. The molecule has 1 aromatic rings. The van der Waals surface area contributed by atoms with E-state index in [0.29, 0.717) is 17.4 Å². The Labute approximate surface area is 295 Å². The third kappa shape index (κ3) is 13.1. The first-order valence-corrected chi connectivity index (χ1v) is 17.9. The van der Waals surface area contributed by atoms with Crippen LogP contribution in [-0.4, -0.2) is 41.8 Å². The number of unbranched alkanes of at least 4 members (excludes halogenated alkanes) is 2. The van der Waals surface area contributed by atoms with Crippen LogP contribution in [0.15, 0.2) is 66.8 Å². The number of esters is 1. The molecule has 0 amide bonds. The first kappa shape index (κ1) is 42.9. The summed E-state index contributed by atoms with van der Waals surface area (Å²) in [5.41, 5.74) is -1.57. The van der Waals surface area contributed by atoms with Crippen LogP contribution in [0, 0.1) is 35.3 Å². The molecule has 0 aromatic heterocycles. The molecule has 2 N–H and O–H groups in total. The Hall–Kier alpha value is -3.30. The summed E-state index contributed by atoms with van der Waals surface area (Å²) >= 11 is 0. The summed E-state index contributed by atoms with van der Waals surface area (Å²) in [5.74, 6) is -4.19. The number of allylic oxidation sites excluding steroid dienone is 4. The van der Waals surface area contributed by atoms with Crippen molar-refractivity contribution in [3.63, 3.8) is 0 Å². The highest BCUT2D eigenvalue weighted by Crippen LogP contribution is 2.38. The van der Waals surface area contributed by atoms with Gasteiger partial charge in [-0.2, -0.15) is 0 Å². The third-order valence-corrected chi connectivity index (χ3v) is 10.3. The van der Waals surface area contributed by atoms with Crippen molar-refractivity contribution in [2.75, 3.05) is 19.8 Å². The van der Waals surface area contributed by atoms with E-state index in [2.05, 4.69) is 33.6 Å². The molecule has 2 rings (SSSR count). The van der Waals surface area contributed by atoms with E-state index in [9.17, 15) is 19.1 Å². The molecule has 5 nitrogen and oxygen atoms in total. The van der Waals surface area contributed by atoms with E-state index in [1.165, 1.54) is 51.4 Å². The lowest BCUT2D eigenvalue weighted by Gasteiger charge is -2.33. The lowest BCUT2D eigenvalue weighted by Crippen LogP contribution is -2.20. The molecular formula is C41H56F4O5. The number of hydrogen-bond acceptors (Lipinski definition) is 5. The number of ketones is 1. The summed E-state index contributed by atoms with van der Waals surface area (Å²) in [5, 5.41) is 18.3. The van der Waals surface area contributed by atoms with Gasteiger partial charge in [-0.05, 0) is 85.1 Å². The second kappa shape index (κ2) is 21.8. The molecule has 9 heteroatoms. The minimum atomic E-state index is -1.20. The van der Waals surface area contributed by atoms with Crippen LogP contribution in [0.2, 0.25) is 0 Å². The Morgan fingerprint density at radius 1 is 0.960 bits per heavy atom. The molecule has 278 valence electrons. The molecule has 1 aliphatic carbocycles. The number of hydrogen-bond donors (Lipinski definition) is 2. The number of benzene rings is 1. The Morgan fingerprint density at radius 2 is 1.58 bits per heavy atom. The predicted octanol–water partition coefficient (Wildman–Crippen LogP) is 10.2. The number of aliphatic hydroxyl groups is 2. The second-order valence-electron chi connectivity index (χ2n) is 14.0. The van der Waals surface area contributed by atoms with Gasteiger partial charge in [0.15, 0.2) is 5.78 Å². The normalized spacial score (nSPS) is 18.7. The molecule has 1 aromatic carbocycles. The number of halogens is 4. The van der Waals surface area contributed by atoms with Crippen LogP contribution < -0.4 is 0 Å². The van der Waals surface area contributed by atoms with Gasteiger partial charge in [0.1, 0.15) is 17.5 Å². The number of carbonyl (C=O) groups excluding carboxylic acids is 2. The van der Waals surface area contributed by atoms with E-state index < -0.39 is 71.7 Å². The van der Waals surface area contributed by atoms with Crippen LogP contribution in [0.3, 0.4) is 0 Å². The lowest BCUT2D eigenvalue weighted by molar-refractivity contribution is -0.140. The second-order valence-corrected chi connectivity index (χ2v) is 14.0. The van der Waals surface area contributed by atoms with Crippen molar-refractivity contribution in [2.24, 2.45) is 23.7 Å². The molecule has 0 spiro atoms. The average molecular weight is 705 g/mol. The van der Waals surface area contributed by atoms with Crippen molar-refractivity contribution in [3.05, 3.63) is 89.6 Å². The molecular weight excluding hydrogens is 648 g/mol. The van der Waals surface area contributed by atoms with Crippen molar-refractivity contribution in [3.8, 4) is 0 Å². The third-order valence-electron chi connectivity index (χ3n) is 10.3. The topological polar surface area (TPSA) is 83.8 Å². The average Bonchev–Trinajstić information content (AvgIpc) is 3.10. The fourth-order valence-electron chi connectivity index (χ4n) is 6.65. The quantitative estimate of drug-likeness (QED) is 0.0413. The zero-order valence-electron chi connectivity index (χ0n) is 30.1. The molecule has 50 heavy (non-hydrogen) atoms. The first-order chi connectivity index (χ1) is 23.8. The van der Waals surface area contributed by atoms with Crippen LogP contribution in [-0.2, 0) is 14.3 Å². The highest BCUT2D eigenvalue weighted by molar-refractivity contribution is 5.94. The van der Waals surface area contributed by atoms with Gasteiger partial charge in [0.25, 0.3) is 0 Å². The van der Waals surface area contributed by atoms with E-state index >= 15 is 13.2 Å². The molecule has 3 atom stereocenters. The molecule has 0 aliphatic heterocycles. The Morgan fingerprint density at radius 3 is 2.14 bits per heavy atom. The largest absolute Gasteiger partial charge is 0.462 e. The summed E-state index contributed by atoms with van der Waals surface area (Å²) < 4.78 is 65.7. The van der Waals surface area contributed by atoms with Crippen LogP contribution in [0.1, 0.15) is 115 Å². The Bertz CT molecular complexity index is 1330. The van der Waals surface area contributed by atoms with E-state index in [4.69, 9.17) is 9.84 Å². The molecule has 3 unspecified atom stereocenters. The molecule has 0 bridgehead atoms. The zero-order chi connectivity index (χ0) is 37.4. The molecule has 0 radical (unpaired) electrons. The SMILES string of the molecule is C=C(CO)C(=O)CCC(COC(=O)C(=C)CO)c1c(F)cc(C(=C\F)/C(F)=C\C(=C)C(C)CCC(C)C2CCC(CCCCC)CC2)cc1F. The van der Waals surface area contributed by atoms with Gasteiger partial charge in [0.05, 0.1) is 31.7 Å². The van der Waals surface area contributed by atoms with Gasteiger partial charge in [0, 0.05) is 29.0 Å². The standard InChI is InChI=1S/C41H56F4O5/c1-7-8-9-10-31-13-15-32(16-14-31)27(3)12-11-26(2)28(4)19-36(43)35(22-42)34-20-37(44)40(38(45)21-34)33(17-18-39(48)29(5)23-46)25-50-41(49)30(6)24-47/h19-22,26-27,31-33,46-47H,4-18,23-25H2,1-3H3/b35-22+,36-19+. The van der Waals surface area contributed by atoms with Crippen LogP contribution in [0.25, 0.3) is 5.57 Å². The van der Waals surface area contributed by atoms with Crippen molar-refractivity contribution in [2.45, 2.75) is 104 Å². The summed E-state index contributed by atoms with van der Waals surface area (Å²) in [6, 6.07) is 1.55. The number of carbonyl (C=O) groups is 2. The van der Waals surface area contributed by atoms with Gasteiger partial charge in [-0.1, -0.05) is 79.0 Å². The minimum absolute atomic E-state index is 0.0583. The van der Waals surface area contributed by atoms with Crippen LogP contribution in [0.5, 0.6) is 0 Å². The van der Waals surface area contributed by atoms with Crippen molar-refractivity contribution in [1.29, 1.82) is 0 Å². The number of ether oxygens (including phenoxy) is 1. The predicted molar refractivity (Wildman–Crippen MR) is 191 cm³/mol. The van der Waals surface area contributed by atoms with E-state index in [-0.39, 0.29) is 36.2 Å². The minimum Gasteiger partial charge on any atom is -0.462 e. The van der Waals surface area contributed by atoms with Gasteiger partial charge in [-0.15, -0.1) is 0 Å². The lowest BCUT2D eigenvalue weighted by atomic mass is 9.73. The summed E-state index contributed by atoms with van der Waals surface area (Å²) in [6.45, 7) is 15.3. The van der Waals surface area contributed by atoms with Crippen molar-refractivity contribution < 1.29 is 42.1 Å². The van der Waals surface area contributed by atoms with Gasteiger partial charge in [0.2, 0.25) is 0 Å². The fourth-order valence-corrected chi connectivity index (χ4v) is 6.65. The van der Waals surface area contributed by atoms with E-state index in [0.717, 1.165) is 37.0 Å². The van der Waals surface area contributed by atoms with Crippen LogP contribution in [0.4, 0.5) is 17.6 Å². The highest BCUT2D eigenvalue weighted by Gasteiger charge is 2.27. The maximum absolute atomic E-state index is 15.5. The Balaban J connectivity index is 2.13. The zero-order valence-corrected chi connectivity index (χ0v) is 30.1. The molecule has 1 saturated carbocycles. The van der Waals surface area contributed by atoms with Gasteiger partial charge in [-0.3, -0.25) is 4.79 Å². The van der Waals surface area contributed by atoms with Gasteiger partial charge >= 0.3 is 5.97 Å². The summed E-state index contributed by atoms with van der Waals surface area (Å²) in [4.78, 5) is 24.3. The monoisotopic (exact) mass is 704 g/mol. The Kier molecular flexibility index (Phi) is 18.7. The summed E-state index contributed by atoms with van der Waals surface area (Å²) in [6.07, 6.45) is 12.5. The number of rotatable bonds is 22. The molecule has 1 aliphatic rings.